The van der Waals surface area contributed by atoms with Crippen LogP contribution in [0.2, 0.25) is 0 Å². The van der Waals surface area contributed by atoms with E-state index in [4.69, 9.17) is 9.47 Å². The Kier molecular flexibility index (Phi) is 5.42. The molecule has 1 rings (SSSR count). The lowest BCUT2D eigenvalue weighted by atomic mass is 10.2. The summed E-state index contributed by atoms with van der Waals surface area (Å²) in [7, 11) is 3.01. The summed E-state index contributed by atoms with van der Waals surface area (Å²) in [4.78, 5) is 15.6. The number of rotatable bonds is 6. The molecule has 0 aliphatic heterocycles. The number of nitrogens with zero attached hydrogens (tertiary/aromatic N) is 1. The molecule has 0 fully saturated rings. The van der Waals surface area contributed by atoms with E-state index in [1.807, 2.05) is 6.92 Å². The van der Waals surface area contributed by atoms with Crippen LogP contribution in [0.4, 0.5) is 5.82 Å². The van der Waals surface area contributed by atoms with E-state index in [1.165, 1.54) is 7.11 Å². The molecule has 0 bridgehead atoms. The van der Waals surface area contributed by atoms with Crippen molar-refractivity contribution >= 4 is 11.8 Å². The summed E-state index contributed by atoms with van der Waals surface area (Å²) < 4.78 is 9.69. The summed E-state index contributed by atoms with van der Waals surface area (Å²) in [5.41, 5.74) is 0.444. The molecule has 1 N–H and O–H groups in total. The molecule has 0 radical (unpaired) electrons. The summed E-state index contributed by atoms with van der Waals surface area (Å²) in [6.07, 6.45) is 2.48. The Hall–Kier alpha value is -1.62. The van der Waals surface area contributed by atoms with Gasteiger partial charge in [-0.3, -0.25) is 0 Å². The van der Waals surface area contributed by atoms with Crippen LogP contribution in [0.15, 0.2) is 18.3 Å². The molecule has 0 saturated carbocycles. The number of carbonyl (C=O) groups is 1. The maximum Gasteiger partial charge on any atom is 0.341 e. The Morgan fingerprint density at radius 1 is 1.53 bits per heavy atom. The number of aromatic nitrogens is 1. The van der Waals surface area contributed by atoms with Crippen LogP contribution in [0.5, 0.6) is 0 Å². The van der Waals surface area contributed by atoms with Crippen molar-refractivity contribution in [1.29, 1.82) is 0 Å². The number of carbonyl (C=O) groups excluding carboxylic acids is 1. The molecule has 0 aromatic carbocycles. The summed E-state index contributed by atoms with van der Waals surface area (Å²) in [5, 5.41) is 3.17. The Balaban J connectivity index is 2.73. The van der Waals surface area contributed by atoms with Crippen LogP contribution in [0.1, 0.15) is 23.7 Å². The summed E-state index contributed by atoms with van der Waals surface area (Å²) in [6, 6.07) is 3.56. The van der Waals surface area contributed by atoms with Crippen molar-refractivity contribution in [3.05, 3.63) is 23.9 Å². The minimum absolute atomic E-state index is 0.174. The van der Waals surface area contributed by atoms with Crippen LogP contribution in [0.25, 0.3) is 0 Å². The molecule has 1 atom stereocenters. The van der Waals surface area contributed by atoms with Gasteiger partial charge in [0.25, 0.3) is 0 Å². The predicted molar refractivity (Wildman–Crippen MR) is 65.2 cm³/mol. The van der Waals surface area contributed by atoms with E-state index in [9.17, 15) is 4.79 Å². The number of pyridine rings is 1. The second-order valence-corrected chi connectivity index (χ2v) is 3.72. The highest BCUT2D eigenvalue weighted by atomic mass is 16.5. The third-order valence-corrected chi connectivity index (χ3v) is 2.35. The minimum Gasteiger partial charge on any atom is -0.465 e. The lowest BCUT2D eigenvalue weighted by molar-refractivity contribution is 0.0601. The van der Waals surface area contributed by atoms with Crippen molar-refractivity contribution in [2.75, 3.05) is 26.1 Å². The Bertz CT molecular complexity index is 369. The fourth-order valence-electron chi connectivity index (χ4n) is 1.40. The maximum absolute atomic E-state index is 11.5. The highest BCUT2D eigenvalue weighted by molar-refractivity contribution is 5.94. The van der Waals surface area contributed by atoms with Crippen LogP contribution in [0, 0.1) is 0 Å². The zero-order valence-corrected chi connectivity index (χ0v) is 10.4. The summed E-state index contributed by atoms with van der Waals surface area (Å²) >= 11 is 0. The van der Waals surface area contributed by atoms with Gasteiger partial charge in [0.1, 0.15) is 11.4 Å². The van der Waals surface area contributed by atoms with Gasteiger partial charge >= 0.3 is 5.97 Å². The van der Waals surface area contributed by atoms with Gasteiger partial charge in [-0.1, -0.05) is 0 Å². The number of nitrogens with one attached hydrogen (secondary N) is 1. The van der Waals surface area contributed by atoms with E-state index >= 15 is 0 Å². The molecule has 0 aliphatic carbocycles. The van der Waals surface area contributed by atoms with E-state index in [0.29, 0.717) is 18.0 Å². The molecular formula is C12H18N2O3. The standard InChI is InChI=1S/C12H18N2O3/c1-9(6-8-16-2)14-11-10(12(15)17-3)5-4-7-13-11/h4-5,7,9H,6,8H2,1-3H3,(H,13,14). The van der Waals surface area contributed by atoms with Crippen molar-refractivity contribution in [3.63, 3.8) is 0 Å². The van der Waals surface area contributed by atoms with Crippen molar-refractivity contribution in [1.82, 2.24) is 4.98 Å². The Morgan fingerprint density at radius 3 is 2.94 bits per heavy atom. The highest BCUT2D eigenvalue weighted by Gasteiger charge is 2.13. The van der Waals surface area contributed by atoms with Crippen molar-refractivity contribution in [2.45, 2.75) is 19.4 Å². The van der Waals surface area contributed by atoms with Gasteiger partial charge in [0.2, 0.25) is 0 Å². The average Bonchev–Trinajstić information content (AvgIpc) is 2.36. The van der Waals surface area contributed by atoms with Crippen LogP contribution in [0.3, 0.4) is 0 Å². The first-order valence-corrected chi connectivity index (χ1v) is 5.47. The van der Waals surface area contributed by atoms with Crippen LogP contribution >= 0.6 is 0 Å². The zero-order valence-electron chi connectivity index (χ0n) is 10.4. The summed E-state index contributed by atoms with van der Waals surface area (Å²) in [5.74, 6) is 0.155. The second kappa shape index (κ2) is 6.85. The second-order valence-electron chi connectivity index (χ2n) is 3.72. The summed E-state index contributed by atoms with van der Waals surface area (Å²) in [6.45, 7) is 2.67. The van der Waals surface area contributed by atoms with E-state index in [0.717, 1.165) is 6.42 Å². The molecule has 0 aliphatic rings. The predicted octanol–water partition coefficient (Wildman–Crippen LogP) is 1.71. The van der Waals surface area contributed by atoms with E-state index in [2.05, 4.69) is 10.3 Å². The zero-order chi connectivity index (χ0) is 12.7. The lowest BCUT2D eigenvalue weighted by Crippen LogP contribution is -2.20. The number of anilines is 1. The van der Waals surface area contributed by atoms with Gasteiger partial charge in [0, 0.05) is 26.0 Å². The van der Waals surface area contributed by atoms with Crippen LogP contribution in [-0.4, -0.2) is 37.8 Å². The number of hydrogen-bond acceptors (Lipinski definition) is 5. The molecule has 0 saturated heterocycles. The molecule has 0 amide bonds. The number of methoxy groups -OCH3 is 2. The van der Waals surface area contributed by atoms with Gasteiger partial charge in [0.05, 0.1) is 7.11 Å². The molecule has 1 aromatic heterocycles. The maximum atomic E-state index is 11.5. The largest absolute Gasteiger partial charge is 0.465 e. The molecule has 17 heavy (non-hydrogen) atoms. The van der Waals surface area contributed by atoms with Gasteiger partial charge < -0.3 is 14.8 Å². The Labute approximate surface area is 101 Å². The molecule has 5 nitrogen and oxygen atoms in total. The fraction of sp³-hybridized carbons (Fsp3) is 0.500. The van der Waals surface area contributed by atoms with Crippen molar-refractivity contribution in [3.8, 4) is 0 Å². The fourth-order valence-corrected chi connectivity index (χ4v) is 1.40. The van der Waals surface area contributed by atoms with Gasteiger partial charge in [0.15, 0.2) is 0 Å². The molecule has 0 spiro atoms. The first kappa shape index (κ1) is 13.4. The monoisotopic (exact) mass is 238 g/mol. The van der Waals surface area contributed by atoms with Crippen molar-refractivity contribution in [2.24, 2.45) is 0 Å². The molecule has 5 heteroatoms. The average molecular weight is 238 g/mol. The lowest BCUT2D eigenvalue weighted by Gasteiger charge is -2.15. The smallest absolute Gasteiger partial charge is 0.341 e. The molecular weight excluding hydrogens is 220 g/mol. The topological polar surface area (TPSA) is 60.5 Å². The van der Waals surface area contributed by atoms with E-state index < -0.39 is 0 Å². The third kappa shape index (κ3) is 4.03. The number of ether oxygens (including phenoxy) is 2. The molecule has 1 heterocycles. The quantitative estimate of drug-likeness (QED) is 0.764. The first-order valence-electron chi connectivity index (χ1n) is 5.47. The number of hydrogen-bond donors (Lipinski definition) is 1. The third-order valence-electron chi connectivity index (χ3n) is 2.35. The van der Waals surface area contributed by atoms with Crippen LogP contribution < -0.4 is 5.32 Å². The Morgan fingerprint density at radius 2 is 2.29 bits per heavy atom. The van der Waals surface area contributed by atoms with Gasteiger partial charge in [-0.25, -0.2) is 9.78 Å². The molecule has 1 aromatic rings. The highest BCUT2D eigenvalue weighted by Crippen LogP contribution is 2.14. The van der Waals surface area contributed by atoms with Gasteiger partial charge in [-0.2, -0.15) is 0 Å². The molecule has 1 unspecified atom stereocenters. The van der Waals surface area contributed by atoms with E-state index in [1.54, 1.807) is 25.4 Å². The van der Waals surface area contributed by atoms with E-state index in [-0.39, 0.29) is 12.0 Å². The van der Waals surface area contributed by atoms with Crippen LogP contribution in [-0.2, 0) is 9.47 Å². The number of esters is 1. The SMILES string of the molecule is COCCC(C)Nc1ncccc1C(=O)OC. The first-order chi connectivity index (χ1) is 8.19. The minimum atomic E-state index is -0.389. The van der Waals surface area contributed by atoms with Crippen molar-refractivity contribution < 1.29 is 14.3 Å². The molecule has 94 valence electrons. The van der Waals surface area contributed by atoms with Gasteiger partial charge in [-0.05, 0) is 25.5 Å². The van der Waals surface area contributed by atoms with Gasteiger partial charge in [-0.15, -0.1) is 0 Å². The normalized spacial score (nSPS) is 11.9.